The molecule has 0 saturated carbocycles. The topological polar surface area (TPSA) is 24.9 Å². The van der Waals surface area contributed by atoms with Gasteiger partial charge < -0.3 is 5.32 Å². The molecular weight excluding hydrogens is 247 g/mol. The van der Waals surface area contributed by atoms with E-state index in [4.69, 9.17) is 0 Å². The van der Waals surface area contributed by atoms with Crippen molar-refractivity contribution in [3.05, 3.63) is 27.7 Å². The highest BCUT2D eigenvalue weighted by Gasteiger charge is 2.35. The molecule has 4 heteroatoms. The van der Waals surface area contributed by atoms with Crippen LogP contribution in [0.15, 0.2) is 10.7 Å². The van der Waals surface area contributed by atoms with Gasteiger partial charge in [0.1, 0.15) is 0 Å². The Morgan fingerprint density at radius 3 is 3.21 bits per heavy atom. The lowest BCUT2D eigenvalue weighted by Crippen LogP contribution is -2.33. The number of fused-ring (bicyclic) bond motifs is 4. The van der Waals surface area contributed by atoms with E-state index in [1.807, 2.05) is 0 Å². The monoisotopic (exact) mass is 256 g/mol. The molecule has 0 aromatic carbocycles. The Balaban J connectivity index is 2.21. The quantitative estimate of drug-likeness (QED) is 0.721. The molecule has 2 unspecified atom stereocenters. The molecule has 74 valence electrons. The summed E-state index contributed by atoms with van der Waals surface area (Å²) in [7, 11) is 0. The van der Waals surface area contributed by atoms with Gasteiger partial charge in [0.15, 0.2) is 0 Å². The average Bonchev–Trinajstić information content (AvgIpc) is 2.54. The first kappa shape index (κ1) is 8.80. The Kier molecular flexibility index (Phi) is 1.89. The predicted molar refractivity (Wildman–Crippen MR) is 54.5 cm³/mol. The van der Waals surface area contributed by atoms with Crippen molar-refractivity contribution in [3.63, 3.8) is 0 Å². The summed E-state index contributed by atoms with van der Waals surface area (Å²) in [4.78, 5) is 3.75. The van der Waals surface area contributed by atoms with Gasteiger partial charge in [-0.15, -0.1) is 0 Å². The van der Waals surface area contributed by atoms with Crippen molar-refractivity contribution in [1.29, 1.82) is 0 Å². The van der Waals surface area contributed by atoms with Gasteiger partial charge in [-0.1, -0.05) is 0 Å². The SMILES string of the molecule is Fc1ncc(Br)c2c1CC1CCC2N1. The predicted octanol–water partition coefficient (Wildman–Crippen LogP) is 2.33. The second kappa shape index (κ2) is 3.00. The summed E-state index contributed by atoms with van der Waals surface area (Å²) in [5.74, 6) is -0.290. The smallest absolute Gasteiger partial charge is 0.216 e. The third kappa shape index (κ3) is 1.13. The van der Waals surface area contributed by atoms with Crippen molar-refractivity contribution in [2.75, 3.05) is 0 Å². The fourth-order valence-electron chi connectivity index (χ4n) is 2.54. The first-order chi connectivity index (χ1) is 6.75. The van der Waals surface area contributed by atoms with Crippen LogP contribution in [0.5, 0.6) is 0 Å². The van der Waals surface area contributed by atoms with Gasteiger partial charge in [-0.05, 0) is 40.8 Å². The summed E-state index contributed by atoms with van der Waals surface area (Å²) in [6.07, 6.45) is 4.60. The zero-order chi connectivity index (χ0) is 9.71. The van der Waals surface area contributed by atoms with Crippen LogP contribution in [0.25, 0.3) is 0 Å². The van der Waals surface area contributed by atoms with E-state index < -0.39 is 0 Å². The van der Waals surface area contributed by atoms with Crippen LogP contribution in [0.2, 0.25) is 0 Å². The summed E-state index contributed by atoms with van der Waals surface area (Å²) in [5, 5.41) is 3.49. The molecule has 1 aromatic rings. The Hall–Kier alpha value is -0.480. The lowest BCUT2D eigenvalue weighted by molar-refractivity contribution is 0.476. The van der Waals surface area contributed by atoms with Gasteiger partial charge in [0.05, 0.1) is 0 Å². The Morgan fingerprint density at radius 2 is 2.36 bits per heavy atom. The van der Waals surface area contributed by atoms with Gasteiger partial charge in [0, 0.05) is 28.3 Å². The summed E-state index contributed by atoms with van der Waals surface area (Å²) in [5.41, 5.74) is 1.90. The summed E-state index contributed by atoms with van der Waals surface area (Å²) >= 11 is 3.45. The lowest BCUT2D eigenvalue weighted by atomic mass is 9.97. The molecule has 2 nitrogen and oxygen atoms in total. The highest BCUT2D eigenvalue weighted by atomic mass is 79.9. The fraction of sp³-hybridized carbons (Fsp3) is 0.500. The van der Waals surface area contributed by atoms with E-state index in [9.17, 15) is 4.39 Å². The molecule has 2 aliphatic heterocycles. The minimum absolute atomic E-state index is 0.290. The molecule has 1 fully saturated rings. The van der Waals surface area contributed by atoms with Gasteiger partial charge in [-0.2, -0.15) is 4.39 Å². The number of hydrogen-bond acceptors (Lipinski definition) is 2. The number of pyridine rings is 1. The molecular formula is C10H10BrFN2. The van der Waals surface area contributed by atoms with Crippen molar-refractivity contribution in [1.82, 2.24) is 10.3 Å². The minimum Gasteiger partial charge on any atom is -0.307 e. The van der Waals surface area contributed by atoms with Crippen LogP contribution in [-0.4, -0.2) is 11.0 Å². The molecule has 1 aromatic heterocycles. The molecule has 0 spiro atoms. The van der Waals surface area contributed by atoms with Gasteiger partial charge in [0.2, 0.25) is 5.95 Å². The van der Waals surface area contributed by atoms with E-state index in [-0.39, 0.29) is 5.95 Å². The van der Waals surface area contributed by atoms with Crippen LogP contribution >= 0.6 is 15.9 Å². The van der Waals surface area contributed by atoms with E-state index >= 15 is 0 Å². The van der Waals surface area contributed by atoms with Crippen molar-refractivity contribution >= 4 is 15.9 Å². The summed E-state index contributed by atoms with van der Waals surface area (Å²) < 4.78 is 14.4. The third-order valence-electron chi connectivity index (χ3n) is 3.16. The maximum Gasteiger partial charge on any atom is 0.216 e. The molecule has 3 rings (SSSR count). The number of nitrogens with zero attached hydrogens (tertiary/aromatic N) is 1. The second-order valence-electron chi connectivity index (χ2n) is 3.99. The van der Waals surface area contributed by atoms with E-state index in [2.05, 4.69) is 26.2 Å². The second-order valence-corrected chi connectivity index (χ2v) is 4.84. The Morgan fingerprint density at radius 1 is 1.50 bits per heavy atom. The molecule has 3 heterocycles. The molecule has 1 N–H and O–H groups in total. The van der Waals surface area contributed by atoms with Crippen LogP contribution < -0.4 is 5.32 Å². The number of nitrogens with one attached hydrogen (secondary N) is 1. The molecule has 2 bridgehead atoms. The standard InChI is InChI=1S/C10H10BrFN2/c11-7-4-13-10(12)6-3-5-1-2-8(14-5)9(6)7/h4-5,8,14H,1-3H2. The fourth-order valence-corrected chi connectivity index (χ4v) is 3.16. The molecule has 2 atom stereocenters. The molecule has 1 saturated heterocycles. The van der Waals surface area contributed by atoms with Gasteiger partial charge >= 0.3 is 0 Å². The number of halogens is 2. The summed E-state index contributed by atoms with van der Waals surface area (Å²) in [6, 6.07) is 0.786. The van der Waals surface area contributed by atoms with Crippen LogP contribution in [-0.2, 0) is 6.42 Å². The van der Waals surface area contributed by atoms with Crippen LogP contribution in [0.1, 0.15) is 30.0 Å². The van der Waals surface area contributed by atoms with Gasteiger partial charge in [-0.25, -0.2) is 4.98 Å². The third-order valence-corrected chi connectivity index (χ3v) is 3.79. The maximum absolute atomic E-state index is 13.5. The van der Waals surface area contributed by atoms with Crippen LogP contribution in [0.4, 0.5) is 4.39 Å². The Labute approximate surface area is 90.0 Å². The number of aromatic nitrogens is 1. The normalized spacial score (nSPS) is 29.0. The zero-order valence-electron chi connectivity index (χ0n) is 7.56. The van der Waals surface area contributed by atoms with E-state index in [1.165, 1.54) is 0 Å². The molecule has 0 aliphatic carbocycles. The number of hydrogen-bond donors (Lipinski definition) is 1. The van der Waals surface area contributed by atoms with E-state index in [1.54, 1.807) is 6.20 Å². The van der Waals surface area contributed by atoms with Crippen molar-refractivity contribution in [2.24, 2.45) is 0 Å². The first-order valence-electron chi connectivity index (χ1n) is 4.84. The highest BCUT2D eigenvalue weighted by Crippen LogP contribution is 2.39. The van der Waals surface area contributed by atoms with E-state index in [0.29, 0.717) is 12.1 Å². The molecule has 0 amide bonds. The zero-order valence-corrected chi connectivity index (χ0v) is 9.14. The average molecular weight is 257 g/mol. The van der Waals surface area contributed by atoms with Gasteiger partial charge in [0.25, 0.3) is 0 Å². The molecule has 14 heavy (non-hydrogen) atoms. The van der Waals surface area contributed by atoms with E-state index in [0.717, 1.165) is 34.9 Å². The van der Waals surface area contributed by atoms with Crippen molar-refractivity contribution < 1.29 is 4.39 Å². The van der Waals surface area contributed by atoms with Crippen LogP contribution in [0.3, 0.4) is 0 Å². The van der Waals surface area contributed by atoms with Crippen molar-refractivity contribution in [2.45, 2.75) is 31.3 Å². The van der Waals surface area contributed by atoms with Crippen LogP contribution in [0, 0.1) is 5.95 Å². The minimum atomic E-state index is -0.290. The Bertz CT molecular complexity index is 394. The summed E-state index contributed by atoms with van der Waals surface area (Å²) in [6.45, 7) is 0. The molecule has 2 aliphatic rings. The molecule has 0 radical (unpaired) electrons. The van der Waals surface area contributed by atoms with Crippen molar-refractivity contribution in [3.8, 4) is 0 Å². The number of rotatable bonds is 0. The first-order valence-corrected chi connectivity index (χ1v) is 5.64. The van der Waals surface area contributed by atoms with Gasteiger partial charge in [-0.3, -0.25) is 0 Å². The largest absolute Gasteiger partial charge is 0.307 e. The highest BCUT2D eigenvalue weighted by molar-refractivity contribution is 9.10. The maximum atomic E-state index is 13.5. The lowest BCUT2D eigenvalue weighted by Gasteiger charge is -2.25.